The molecule has 3 nitrogen and oxygen atoms in total. The molecular formula is C14H21NO2. The van der Waals surface area contributed by atoms with Gasteiger partial charge in [-0.1, -0.05) is 18.2 Å². The van der Waals surface area contributed by atoms with Crippen molar-refractivity contribution in [2.24, 2.45) is 0 Å². The molecule has 0 aromatic heterocycles. The Morgan fingerprint density at radius 3 is 2.76 bits per heavy atom. The van der Waals surface area contributed by atoms with Crippen LogP contribution in [0.25, 0.3) is 0 Å². The van der Waals surface area contributed by atoms with E-state index >= 15 is 0 Å². The second-order valence-corrected chi connectivity index (χ2v) is 4.41. The third kappa shape index (κ3) is 3.72. The van der Waals surface area contributed by atoms with E-state index in [9.17, 15) is 0 Å². The predicted molar refractivity (Wildman–Crippen MR) is 68.3 cm³/mol. The third-order valence-electron chi connectivity index (χ3n) is 3.09. The largest absolute Gasteiger partial charge is 0.491 e. The number of hydrogen-bond acceptors (Lipinski definition) is 3. The molecule has 1 N–H and O–H groups in total. The Kier molecular flexibility index (Phi) is 4.83. The smallest absolute Gasteiger partial charge is 0.123 e. The highest BCUT2D eigenvalue weighted by atomic mass is 16.5. The van der Waals surface area contributed by atoms with Crippen LogP contribution in [0.1, 0.15) is 24.8 Å². The van der Waals surface area contributed by atoms with Gasteiger partial charge in [0.25, 0.3) is 0 Å². The minimum atomic E-state index is 0.492. The van der Waals surface area contributed by atoms with E-state index in [2.05, 4.69) is 11.4 Å². The Morgan fingerprint density at radius 1 is 1.24 bits per heavy atom. The lowest BCUT2D eigenvalue weighted by atomic mass is 9.96. The van der Waals surface area contributed by atoms with Crippen LogP contribution in [-0.2, 0) is 11.3 Å². The zero-order valence-electron chi connectivity index (χ0n) is 10.4. The first-order chi connectivity index (χ1) is 8.40. The normalized spacial score (nSPS) is 15.6. The van der Waals surface area contributed by atoms with Gasteiger partial charge in [-0.15, -0.1) is 0 Å². The third-order valence-corrected chi connectivity index (χ3v) is 3.09. The summed E-state index contributed by atoms with van der Waals surface area (Å²) in [5.74, 6) is 0.957. The van der Waals surface area contributed by atoms with E-state index in [-0.39, 0.29) is 0 Å². The summed E-state index contributed by atoms with van der Waals surface area (Å²) >= 11 is 0. The van der Waals surface area contributed by atoms with E-state index in [1.54, 1.807) is 0 Å². The maximum Gasteiger partial charge on any atom is 0.123 e. The van der Waals surface area contributed by atoms with Gasteiger partial charge in [0.2, 0.25) is 0 Å². The fourth-order valence-corrected chi connectivity index (χ4v) is 1.88. The molecular weight excluding hydrogens is 214 g/mol. The molecule has 1 saturated carbocycles. The van der Waals surface area contributed by atoms with E-state index < -0.39 is 0 Å². The van der Waals surface area contributed by atoms with Crippen molar-refractivity contribution in [2.45, 2.75) is 31.9 Å². The van der Waals surface area contributed by atoms with Gasteiger partial charge in [-0.05, 0) is 32.4 Å². The Balaban J connectivity index is 1.73. The first-order valence-electron chi connectivity index (χ1n) is 6.37. The lowest BCUT2D eigenvalue weighted by molar-refractivity contribution is -0.0104. The minimum absolute atomic E-state index is 0.492. The summed E-state index contributed by atoms with van der Waals surface area (Å²) in [6, 6.07) is 8.13. The highest BCUT2D eigenvalue weighted by Crippen LogP contribution is 2.22. The van der Waals surface area contributed by atoms with Crippen LogP contribution in [-0.4, -0.2) is 26.4 Å². The van der Waals surface area contributed by atoms with Crippen molar-refractivity contribution in [3.05, 3.63) is 29.8 Å². The van der Waals surface area contributed by atoms with Crippen molar-refractivity contribution >= 4 is 0 Å². The molecule has 1 aliphatic rings. The maximum atomic E-state index is 5.74. The van der Waals surface area contributed by atoms with Gasteiger partial charge >= 0.3 is 0 Å². The summed E-state index contributed by atoms with van der Waals surface area (Å²) in [7, 11) is 1.94. The summed E-state index contributed by atoms with van der Waals surface area (Å²) in [5, 5.41) is 3.14. The topological polar surface area (TPSA) is 30.5 Å². The number of nitrogens with one attached hydrogen (secondary N) is 1. The molecule has 0 saturated heterocycles. The Morgan fingerprint density at radius 2 is 2.06 bits per heavy atom. The molecule has 0 unspecified atom stereocenters. The van der Waals surface area contributed by atoms with Crippen molar-refractivity contribution in [3.8, 4) is 5.75 Å². The average molecular weight is 235 g/mol. The Bertz CT molecular complexity index is 337. The van der Waals surface area contributed by atoms with E-state index in [0.717, 1.165) is 12.3 Å². The van der Waals surface area contributed by atoms with Gasteiger partial charge in [0.1, 0.15) is 12.4 Å². The lowest BCUT2D eigenvalue weighted by Crippen LogP contribution is -2.24. The summed E-state index contributed by atoms with van der Waals surface area (Å²) in [5.41, 5.74) is 1.19. The van der Waals surface area contributed by atoms with Gasteiger partial charge in [0.15, 0.2) is 0 Å². The van der Waals surface area contributed by atoms with Crippen molar-refractivity contribution < 1.29 is 9.47 Å². The minimum Gasteiger partial charge on any atom is -0.491 e. The summed E-state index contributed by atoms with van der Waals surface area (Å²) in [6.45, 7) is 2.16. The molecule has 1 aromatic carbocycles. The van der Waals surface area contributed by atoms with Crippen molar-refractivity contribution in [1.29, 1.82) is 0 Å². The summed E-state index contributed by atoms with van der Waals surface area (Å²) in [4.78, 5) is 0. The molecule has 0 heterocycles. The van der Waals surface area contributed by atoms with Gasteiger partial charge in [-0.2, -0.15) is 0 Å². The van der Waals surface area contributed by atoms with Gasteiger partial charge in [0, 0.05) is 12.1 Å². The number of benzene rings is 1. The second-order valence-electron chi connectivity index (χ2n) is 4.41. The number of rotatable bonds is 7. The van der Waals surface area contributed by atoms with Crippen LogP contribution in [0.2, 0.25) is 0 Å². The number of ether oxygens (including phenoxy) is 2. The fraction of sp³-hybridized carbons (Fsp3) is 0.571. The molecule has 1 fully saturated rings. The predicted octanol–water partition coefficient (Wildman–Crippen LogP) is 2.35. The summed E-state index contributed by atoms with van der Waals surface area (Å²) < 4.78 is 11.4. The molecule has 3 heteroatoms. The fourth-order valence-electron chi connectivity index (χ4n) is 1.88. The molecule has 17 heavy (non-hydrogen) atoms. The van der Waals surface area contributed by atoms with Crippen molar-refractivity contribution in [2.75, 3.05) is 20.3 Å². The standard InChI is InChI=1S/C14H21NO2/c1-15-11-12-5-2-3-8-14(12)17-10-9-16-13-6-4-7-13/h2-3,5,8,13,15H,4,6-7,9-11H2,1H3. The molecule has 0 aliphatic heterocycles. The zero-order chi connectivity index (χ0) is 11.9. The van der Waals surface area contributed by atoms with Crippen LogP contribution in [0.5, 0.6) is 5.75 Å². The van der Waals surface area contributed by atoms with Crippen LogP contribution in [0.3, 0.4) is 0 Å². The van der Waals surface area contributed by atoms with Gasteiger partial charge < -0.3 is 14.8 Å². The van der Waals surface area contributed by atoms with E-state index in [4.69, 9.17) is 9.47 Å². The van der Waals surface area contributed by atoms with Crippen LogP contribution in [0, 0.1) is 0 Å². The molecule has 0 radical (unpaired) electrons. The Labute approximate surface area is 103 Å². The van der Waals surface area contributed by atoms with Gasteiger partial charge in [0.05, 0.1) is 12.7 Å². The monoisotopic (exact) mass is 235 g/mol. The van der Waals surface area contributed by atoms with E-state index in [1.807, 2.05) is 25.2 Å². The van der Waals surface area contributed by atoms with E-state index in [1.165, 1.54) is 24.8 Å². The zero-order valence-corrected chi connectivity index (χ0v) is 10.4. The molecule has 94 valence electrons. The van der Waals surface area contributed by atoms with Crippen molar-refractivity contribution in [1.82, 2.24) is 5.32 Å². The van der Waals surface area contributed by atoms with Crippen LogP contribution >= 0.6 is 0 Å². The van der Waals surface area contributed by atoms with Crippen LogP contribution in [0.4, 0.5) is 0 Å². The first-order valence-corrected chi connectivity index (χ1v) is 6.37. The lowest BCUT2D eigenvalue weighted by Gasteiger charge is -2.25. The molecule has 0 atom stereocenters. The highest BCUT2D eigenvalue weighted by Gasteiger charge is 2.17. The maximum absolute atomic E-state index is 5.74. The second kappa shape index (κ2) is 6.62. The van der Waals surface area contributed by atoms with Crippen LogP contribution in [0.15, 0.2) is 24.3 Å². The Hall–Kier alpha value is -1.06. The van der Waals surface area contributed by atoms with Gasteiger partial charge in [-0.25, -0.2) is 0 Å². The van der Waals surface area contributed by atoms with Crippen LogP contribution < -0.4 is 10.1 Å². The molecule has 2 rings (SSSR count). The first kappa shape index (κ1) is 12.4. The SMILES string of the molecule is CNCc1ccccc1OCCOC1CCC1. The highest BCUT2D eigenvalue weighted by molar-refractivity contribution is 5.33. The average Bonchev–Trinajstić information content (AvgIpc) is 2.29. The number of para-hydroxylation sites is 1. The molecule has 0 amide bonds. The molecule has 0 spiro atoms. The van der Waals surface area contributed by atoms with Crippen molar-refractivity contribution in [3.63, 3.8) is 0 Å². The summed E-state index contributed by atoms with van der Waals surface area (Å²) in [6.07, 6.45) is 4.24. The quantitative estimate of drug-likeness (QED) is 0.736. The van der Waals surface area contributed by atoms with Gasteiger partial charge in [-0.3, -0.25) is 0 Å². The molecule has 1 aliphatic carbocycles. The molecule has 1 aromatic rings. The molecule has 0 bridgehead atoms. The number of hydrogen-bond donors (Lipinski definition) is 1. The van der Waals surface area contributed by atoms with E-state index in [0.29, 0.717) is 19.3 Å².